The second-order valence-electron chi connectivity index (χ2n) is 7.53. The third kappa shape index (κ3) is 2.97. The van der Waals surface area contributed by atoms with Crippen molar-refractivity contribution in [3.63, 3.8) is 0 Å². The van der Waals surface area contributed by atoms with Crippen LogP contribution in [0.4, 0.5) is 14.9 Å². The van der Waals surface area contributed by atoms with E-state index in [0.29, 0.717) is 5.56 Å². The predicted molar refractivity (Wildman–Crippen MR) is 106 cm³/mol. The third-order valence-corrected chi connectivity index (χ3v) is 5.81. The number of para-hydroxylation sites is 1. The van der Waals surface area contributed by atoms with Gasteiger partial charge in [-0.05, 0) is 49.1 Å². The fourth-order valence-electron chi connectivity index (χ4n) is 4.30. The first kappa shape index (κ1) is 19.1. The normalized spacial score (nSPS) is 23.3. The number of halogens is 1. The molecule has 0 saturated carbocycles. The van der Waals surface area contributed by atoms with Gasteiger partial charge in [-0.1, -0.05) is 37.3 Å². The number of hydrogen-bond donors (Lipinski definition) is 1. The molecule has 2 aromatic rings. The number of rotatable bonds is 4. The fraction of sp³-hybridized carbons (Fsp3) is 0.318. The van der Waals surface area contributed by atoms with E-state index in [9.17, 15) is 18.8 Å². The Labute approximate surface area is 168 Å². The SMILES string of the molecule is CC[C@]1(c2ccc(F)cc2)NC(=O)N(CC(=O)N2c3ccccc3C[C@H]2C)C1=O. The largest absolute Gasteiger partial charge is 0.325 e. The zero-order chi connectivity index (χ0) is 20.8. The molecular formula is C22H22FN3O3. The molecule has 2 heterocycles. The van der Waals surface area contributed by atoms with Crippen molar-refractivity contribution in [1.82, 2.24) is 10.2 Å². The molecule has 150 valence electrons. The van der Waals surface area contributed by atoms with Gasteiger partial charge in [-0.3, -0.25) is 14.5 Å². The van der Waals surface area contributed by atoms with E-state index in [1.165, 1.54) is 24.3 Å². The standard InChI is InChI=1S/C22H22FN3O3/c1-3-22(16-8-10-17(23)11-9-16)20(28)25(21(29)24-22)13-19(27)26-14(2)12-15-6-4-5-7-18(15)26/h4-11,14H,3,12-13H2,1-2H3,(H,24,29)/t14-,22-/m1/s1. The number of benzene rings is 2. The van der Waals surface area contributed by atoms with Gasteiger partial charge in [0.1, 0.15) is 17.9 Å². The Hall–Kier alpha value is -3.22. The van der Waals surface area contributed by atoms with E-state index in [-0.39, 0.29) is 24.9 Å². The molecule has 2 aliphatic heterocycles. The quantitative estimate of drug-likeness (QED) is 0.810. The van der Waals surface area contributed by atoms with Crippen molar-refractivity contribution in [3.05, 3.63) is 65.5 Å². The molecule has 1 N–H and O–H groups in total. The predicted octanol–water partition coefficient (Wildman–Crippen LogP) is 2.96. The zero-order valence-corrected chi connectivity index (χ0v) is 16.3. The van der Waals surface area contributed by atoms with E-state index in [0.717, 1.165) is 22.6 Å². The maximum absolute atomic E-state index is 13.3. The zero-order valence-electron chi connectivity index (χ0n) is 16.3. The molecule has 1 saturated heterocycles. The van der Waals surface area contributed by atoms with Gasteiger partial charge in [0.25, 0.3) is 5.91 Å². The van der Waals surface area contributed by atoms with Gasteiger partial charge in [-0.25, -0.2) is 9.18 Å². The lowest BCUT2D eigenvalue weighted by atomic mass is 9.87. The molecule has 2 atom stereocenters. The number of nitrogens with one attached hydrogen (secondary N) is 1. The third-order valence-electron chi connectivity index (χ3n) is 5.81. The van der Waals surface area contributed by atoms with Gasteiger partial charge >= 0.3 is 6.03 Å². The molecule has 2 aliphatic rings. The van der Waals surface area contributed by atoms with Crippen LogP contribution in [0.3, 0.4) is 0 Å². The number of fused-ring (bicyclic) bond motifs is 1. The van der Waals surface area contributed by atoms with Crippen LogP contribution in [0.2, 0.25) is 0 Å². The second kappa shape index (κ2) is 6.99. The summed E-state index contributed by atoms with van der Waals surface area (Å²) in [6, 6.07) is 12.5. The highest BCUT2D eigenvalue weighted by molar-refractivity contribution is 6.11. The molecule has 0 radical (unpaired) electrons. The highest BCUT2D eigenvalue weighted by atomic mass is 19.1. The van der Waals surface area contributed by atoms with E-state index < -0.39 is 23.3 Å². The molecular weight excluding hydrogens is 373 g/mol. The van der Waals surface area contributed by atoms with Crippen molar-refractivity contribution >= 4 is 23.5 Å². The van der Waals surface area contributed by atoms with Gasteiger partial charge < -0.3 is 10.2 Å². The first-order chi connectivity index (χ1) is 13.9. The van der Waals surface area contributed by atoms with Crippen molar-refractivity contribution in [1.29, 1.82) is 0 Å². The Morgan fingerprint density at radius 3 is 2.55 bits per heavy atom. The van der Waals surface area contributed by atoms with Crippen LogP contribution in [0.1, 0.15) is 31.4 Å². The van der Waals surface area contributed by atoms with Gasteiger partial charge in [0, 0.05) is 11.7 Å². The summed E-state index contributed by atoms with van der Waals surface area (Å²) in [5.74, 6) is -1.23. The van der Waals surface area contributed by atoms with Crippen molar-refractivity contribution in [2.24, 2.45) is 0 Å². The summed E-state index contributed by atoms with van der Waals surface area (Å²) >= 11 is 0. The van der Waals surface area contributed by atoms with Gasteiger partial charge in [-0.15, -0.1) is 0 Å². The monoisotopic (exact) mass is 395 g/mol. The first-order valence-electron chi connectivity index (χ1n) is 9.67. The number of imide groups is 1. The van der Waals surface area contributed by atoms with Crippen molar-refractivity contribution < 1.29 is 18.8 Å². The minimum Gasteiger partial charge on any atom is -0.319 e. The number of amides is 4. The van der Waals surface area contributed by atoms with Crippen LogP contribution < -0.4 is 10.2 Å². The smallest absolute Gasteiger partial charge is 0.319 e. The maximum atomic E-state index is 13.3. The van der Waals surface area contributed by atoms with Crippen LogP contribution in [0.25, 0.3) is 0 Å². The summed E-state index contributed by atoms with van der Waals surface area (Å²) in [6.07, 6.45) is 1.02. The number of anilines is 1. The lowest BCUT2D eigenvalue weighted by Gasteiger charge is -2.27. The summed E-state index contributed by atoms with van der Waals surface area (Å²) in [6.45, 7) is 3.37. The molecule has 0 bridgehead atoms. The molecule has 6 nitrogen and oxygen atoms in total. The minimum absolute atomic E-state index is 0.0475. The van der Waals surface area contributed by atoms with Gasteiger partial charge in [0.05, 0.1) is 0 Å². The number of hydrogen-bond acceptors (Lipinski definition) is 3. The summed E-state index contributed by atoms with van der Waals surface area (Å²) in [4.78, 5) is 41.5. The topological polar surface area (TPSA) is 69.7 Å². The summed E-state index contributed by atoms with van der Waals surface area (Å²) in [5.41, 5.74) is 1.09. The summed E-state index contributed by atoms with van der Waals surface area (Å²) in [7, 11) is 0. The van der Waals surface area contributed by atoms with E-state index in [1.807, 2.05) is 31.2 Å². The highest BCUT2D eigenvalue weighted by Crippen LogP contribution is 2.34. The van der Waals surface area contributed by atoms with Crippen LogP contribution in [0.15, 0.2) is 48.5 Å². The molecule has 4 rings (SSSR count). The number of carbonyl (C=O) groups excluding carboxylic acids is 3. The van der Waals surface area contributed by atoms with Gasteiger partial charge in [0.2, 0.25) is 5.91 Å². The molecule has 7 heteroatoms. The molecule has 0 aromatic heterocycles. The number of urea groups is 1. The van der Waals surface area contributed by atoms with Crippen LogP contribution in [0, 0.1) is 5.82 Å². The number of carbonyl (C=O) groups is 3. The Kier molecular flexibility index (Phi) is 4.61. The van der Waals surface area contributed by atoms with Gasteiger partial charge in [-0.2, -0.15) is 0 Å². The molecule has 1 fully saturated rings. The van der Waals surface area contributed by atoms with Crippen molar-refractivity contribution in [2.75, 3.05) is 11.4 Å². The Morgan fingerprint density at radius 2 is 1.86 bits per heavy atom. The summed E-state index contributed by atoms with van der Waals surface area (Å²) < 4.78 is 13.3. The van der Waals surface area contributed by atoms with Crippen LogP contribution in [-0.4, -0.2) is 35.3 Å². The number of nitrogens with zero attached hydrogens (tertiary/aromatic N) is 2. The van der Waals surface area contributed by atoms with Crippen LogP contribution in [-0.2, 0) is 21.5 Å². The van der Waals surface area contributed by atoms with Crippen molar-refractivity contribution in [3.8, 4) is 0 Å². The van der Waals surface area contributed by atoms with E-state index in [4.69, 9.17) is 0 Å². The van der Waals surface area contributed by atoms with E-state index in [2.05, 4.69) is 5.32 Å². The Balaban J connectivity index is 1.60. The fourth-order valence-corrected chi connectivity index (χ4v) is 4.30. The van der Waals surface area contributed by atoms with Crippen LogP contribution >= 0.6 is 0 Å². The lowest BCUT2D eigenvalue weighted by molar-refractivity contribution is -0.134. The molecule has 4 amide bonds. The highest BCUT2D eigenvalue weighted by Gasteiger charge is 2.52. The lowest BCUT2D eigenvalue weighted by Crippen LogP contribution is -2.46. The molecule has 2 aromatic carbocycles. The maximum Gasteiger partial charge on any atom is 0.325 e. The van der Waals surface area contributed by atoms with Crippen molar-refractivity contribution in [2.45, 2.75) is 38.3 Å². The van der Waals surface area contributed by atoms with E-state index in [1.54, 1.807) is 11.8 Å². The molecule has 0 spiro atoms. The second-order valence-corrected chi connectivity index (χ2v) is 7.53. The molecule has 0 unspecified atom stereocenters. The molecule has 29 heavy (non-hydrogen) atoms. The minimum atomic E-state index is -1.29. The van der Waals surface area contributed by atoms with E-state index >= 15 is 0 Å². The first-order valence-corrected chi connectivity index (χ1v) is 9.67. The van der Waals surface area contributed by atoms with Gasteiger partial charge in [0.15, 0.2) is 0 Å². The Bertz CT molecular complexity index is 991. The Morgan fingerprint density at radius 1 is 1.17 bits per heavy atom. The average molecular weight is 395 g/mol. The molecule has 0 aliphatic carbocycles. The van der Waals surface area contributed by atoms with Crippen LogP contribution in [0.5, 0.6) is 0 Å². The summed E-state index contributed by atoms with van der Waals surface area (Å²) in [5, 5.41) is 2.72. The average Bonchev–Trinajstić information content (AvgIpc) is 3.17.